The second-order valence-corrected chi connectivity index (χ2v) is 8.06. The second-order valence-electron chi connectivity index (χ2n) is 7.70. The summed E-state index contributed by atoms with van der Waals surface area (Å²) < 4.78 is 16.2. The van der Waals surface area contributed by atoms with Gasteiger partial charge in [0, 0.05) is 39.3 Å². The number of likely N-dealkylation sites (N-methyl/N-ethyl adjacent to an activating group) is 1. The highest BCUT2D eigenvalue weighted by Crippen LogP contribution is 2.27. The molecule has 1 aliphatic rings. The monoisotopic (exact) mass is 413 g/mol. The molecule has 9 heteroatoms. The minimum absolute atomic E-state index is 0.238. The van der Waals surface area contributed by atoms with Crippen LogP contribution in [-0.4, -0.2) is 78.4 Å². The summed E-state index contributed by atoms with van der Waals surface area (Å²) in [6, 6.07) is 3.03. The Kier molecular flexibility index (Phi) is 7.48. The van der Waals surface area contributed by atoms with Crippen LogP contribution >= 0.6 is 11.6 Å². The lowest BCUT2D eigenvalue weighted by Crippen LogP contribution is -2.43. The number of halogens is 1. The van der Waals surface area contributed by atoms with Crippen molar-refractivity contribution in [2.75, 3.05) is 33.8 Å². The lowest BCUT2D eigenvalue weighted by molar-refractivity contribution is -0.145. The smallest absolute Gasteiger partial charge is 0.410 e. The average Bonchev–Trinajstić information content (AvgIpc) is 3.02. The van der Waals surface area contributed by atoms with Crippen molar-refractivity contribution in [3.05, 3.63) is 23.5 Å². The maximum absolute atomic E-state index is 12.2. The van der Waals surface area contributed by atoms with Gasteiger partial charge in [-0.05, 0) is 32.9 Å². The van der Waals surface area contributed by atoms with E-state index in [0.717, 1.165) is 0 Å². The number of hydrogen-bond donors (Lipinski definition) is 0. The number of carbonyl (C=O) groups is 2. The van der Waals surface area contributed by atoms with E-state index in [9.17, 15) is 9.59 Å². The molecule has 0 aliphatic carbocycles. The van der Waals surface area contributed by atoms with Crippen LogP contribution in [0.2, 0.25) is 5.15 Å². The zero-order valence-corrected chi connectivity index (χ0v) is 17.7. The van der Waals surface area contributed by atoms with E-state index in [1.54, 1.807) is 25.4 Å². The van der Waals surface area contributed by atoms with Gasteiger partial charge < -0.3 is 19.1 Å². The predicted molar refractivity (Wildman–Crippen MR) is 105 cm³/mol. The first-order chi connectivity index (χ1) is 13.1. The number of aromatic nitrogens is 1. The summed E-state index contributed by atoms with van der Waals surface area (Å²) in [5.41, 5.74) is -0.560. The molecule has 1 aromatic rings. The lowest BCUT2D eigenvalue weighted by Gasteiger charge is -2.27. The molecule has 1 aromatic heterocycles. The van der Waals surface area contributed by atoms with E-state index < -0.39 is 17.7 Å². The fourth-order valence-corrected chi connectivity index (χ4v) is 3.09. The molecule has 8 nitrogen and oxygen atoms in total. The first-order valence-corrected chi connectivity index (χ1v) is 9.51. The van der Waals surface area contributed by atoms with Gasteiger partial charge in [-0.2, -0.15) is 0 Å². The fraction of sp³-hybridized carbons (Fsp3) is 0.632. The van der Waals surface area contributed by atoms with Gasteiger partial charge >= 0.3 is 12.1 Å². The maximum atomic E-state index is 12.2. The standard InChI is InChI=1S/C19H28ClN3O5/c1-19(2,3)28-18(25)22(4)9-10-23-12-13(11-14(23)17(24)26-5)27-15-7-6-8-21-16(15)20/h6-8,13-14H,9-12H2,1-5H3/t13-,14-/m1/s1. The van der Waals surface area contributed by atoms with Gasteiger partial charge in [0.25, 0.3) is 0 Å². The fourth-order valence-electron chi connectivity index (χ4n) is 2.92. The number of nitrogens with zero attached hydrogens (tertiary/aromatic N) is 3. The van der Waals surface area contributed by atoms with Crippen molar-refractivity contribution in [1.82, 2.24) is 14.8 Å². The van der Waals surface area contributed by atoms with Gasteiger partial charge in [0.05, 0.1) is 7.11 Å². The number of hydrogen-bond acceptors (Lipinski definition) is 7. The normalized spacial score (nSPS) is 19.9. The van der Waals surface area contributed by atoms with Gasteiger partial charge in [-0.1, -0.05) is 11.6 Å². The van der Waals surface area contributed by atoms with Crippen LogP contribution in [0.15, 0.2) is 18.3 Å². The quantitative estimate of drug-likeness (QED) is 0.523. The summed E-state index contributed by atoms with van der Waals surface area (Å²) in [5.74, 6) is 0.147. The lowest BCUT2D eigenvalue weighted by atomic mass is 10.2. The number of amides is 1. The molecule has 1 fully saturated rings. The van der Waals surface area contributed by atoms with Crippen molar-refractivity contribution in [3.63, 3.8) is 0 Å². The SMILES string of the molecule is COC(=O)[C@H]1C[C@@H](Oc2cccnc2Cl)CN1CCN(C)C(=O)OC(C)(C)C. The molecule has 1 aliphatic heterocycles. The third-order valence-electron chi connectivity index (χ3n) is 4.28. The highest BCUT2D eigenvalue weighted by molar-refractivity contribution is 6.30. The Morgan fingerprint density at radius 2 is 2.11 bits per heavy atom. The molecule has 1 amide bonds. The molecule has 0 unspecified atom stereocenters. The van der Waals surface area contributed by atoms with Gasteiger partial charge in [-0.25, -0.2) is 9.78 Å². The Labute approximate surface area is 170 Å². The van der Waals surface area contributed by atoms with E-state index in [1.165, 1.54) is 12.0 Å². The number of esters is 1. The molecule has 0 spiro atoms. The van der Waals surface area contributed by atoms with Crippen LogP contribution in [0.25, 0.3) is 0 Å². The largest absolute Gasteiger partial charge is 0.486 e. The van der Waals surface area contributed by atoms with Gasteiger partial charge in [0.2, 0.25) is 0 Å². The van der Waals surface area contributed by atoms with Crippen LogP contribution in [0.5, 0.6) is 5.75 Å². The van der Waals surface area contributed by atoms with Crippen molar-refractivity contribution < 1.29 is 23.8 Å². The molecule has 0 bridgehead atoms. The van der Waals surface area contributed by atoms with Crippen LogP contribution in [0, 0.1) is 0 Å². The summed E-state index contributed by atoms with van der Waals surface area (Å²) in [7, 11) is 3.03. The molecule has 0 N–H and O–H groups in total. The van der Waals surface area contributed by atoms with Crippen molar-refractivity contribution in [2.24, 2.45) is 0 Å². The molecular formula is C19H28ClN3O5. The van der Waals surface area contributed by atoms with E-state index in [2.05, 4.69) is 4.98 Å². The Morgan fingerprint density at radius 3 is 2.71 bits per heavy atom. The molecular weight excluding hydrogens is 386 g/mol. The molecule has 0 aromatic carbocycles. The highest BCUT2D eigenvalue weighted by Gasteiger charge is 2.39. The summed E-state index contributed by atoms with van der Waals surface area (Å²) >= 11 is 6.06. The zero-order chi connectivity index (χ0) is 20.9. The molecule has 0 saturated carbocycles. The molecule has 2 heterocycles. The summed E-state index contributed by atoms with van der Waals surface area (Å²) in [5, 5.41) is 0.278. The number of likely N-dealkylation sites (tertiary alicyclic amines) is 1. The van der Waals surface area contributed by atoms with Crippen molar-refractivity contribution in [2.45, 2.75) is 44.9 Å². The van der Waals surface area contributed by atoms with Crippen LogP contribution in [-0.2, 0) is 14.3 Å². The van der Waals surface area contributed by atoms with Crippen LogP contribution in [0.1, 0.15) is 27.2 Å². The molecule has 28 heavy (non-hydrogen) atoms. The van der Waals surface area contributed by atoms with E-state index >= 15 is 0 Å². The highest BCUT2D eigenvalue weighted by atomic mass is 35.5. The molecule has 2 atom stereocenters. The second kappa shape index (κ2) is 9.43. The number of pyridine rings is 1. The van der Waals surface area contributed by atoms with Gasteiger partial charge in [0.15, 0.2) is 10.9 Å². The number of ether oxygens (including phenoxy) is 3. The third-order valence-corrected chi connectivity index (χ3v) is 4.57. The Hall–Kier alpha value is -2.06. The number of rotatable bonds is 6. The molecule has 156 valence electrons. The van der Waals surface area contributed by atoms with Crippen LogP contribution in [0.4, 0.5) is 4.79 Å². The topological polar surface area (TPSA) is 81.2 Å². The summed E-state index contributed by atoms with van der Waals surface area (Å²) in [6.07, 6.45) is 1.41. The van der Waals surface area contributed by atoms with Crippen molar-refractivity contribution >= 4 is 23.7 Å². The minimum Gasteiger partial charge on any atom is -0.486 e. The van der Waals surface area contributed by atoms with Crippen molar-refractivity contribution in [3.8, 4) is 5.75 Å². The van der Waals surface area contributed by atoms with E-state index in [0.29, 0.717) is 31.8 Å². The first-order valence-electron chi connectivity index (χ1n) is 9.14. The van der Waals surface area contributed by atoms with E-state index in [4.69, 9.17) is 25.8 Å². The zero-order valence-electron chi connectivity index (χ0n) is 17.0. The van der Waals surface area contributed by atoms with E-state index in [-0.39, 0.29) is 17.2 Å². The van der Waals surface area contributed by atoms with Crippen LogP contribution in [0.3, 0.4) is 0 Å². The molecule has 0 radical (unpaired) electrons. The molecule has 2 rings (SSSR count). The maximum Gasteiger partial charge on any atom is 0.410 e. The number of methoxy groups -OCH3 is 1. The Bertz CT molecular complexity index is 694. The van der Waals surface area contributed by atoms with Crippen molar-refractivity contribution in [1.29, 1.82) is 0 Å². The minimum atomic E-state index is -0.560. The Morgan fingerprint density at radius 1 is 1.39 bits per heavy atom. The van der Waals surface area contributed by atoms with Crippen LogP contribution < -0.4 is 4.74 Å². The van der Waals surface area contributed by atoms with Gasteiger partial charge in [-0.15, -0.1) is 0 Å². The Balaban J connectivity index is 1.98. The van der Waals surface area contributed by atoms with Gasteiger partial charge in [0.1, 0.15) is 17.7 Å². The summed E-state index contributed by atoms with van der Waals surface area (Å²) in [6.45, 7) is 6.85. The van der Waals surface area contributed by atoms with Gasteiger partial charge in [-0.3, -0.25) is 9.69 Å². The first kappa shape index (κ1) is 22.2. The number of carbonyl (C=O) groups excluding carboxylic acids is 2. The van der Waals surface area contributed by atoms with E-state index in [1.807, 2.05) is 25.7 Å². The molecule has 1 saturated heterocycles. The average molecular weight is 414 g/mol. The third kappa shape index (κ3) is 6.24. The summed E-state index contributed by atoms with van der Waals surface area (Å²) in [4.78, 5) is 31.8. The predicted octanol–water partition coefficient (Wildman–Crippen LogP) is 2.60.